The number of nitrogens with one attached hydrogen (secondary N) is 1. The Balaban J connectivity index is 2.44. The lowest BCUT2D eigenvalue weighted by Crippen LogP contribution is -2.12. The molecular weight excluding hydrogens is 112 g/mol. The molecule has 1 aliphatic rings. The van der Waals surface area contributed by atoms with Crippen molar-refractivity contribution in [2.24, 2.45) is 4.99 Å². The van der Waals surface area contributed by atoms with E-state index in [9.17, 15) is 0 Å². The predicted molar refractivity (Wildman–Crippen MR) is 39.6 cm³/mol. The van der Waals surface area contributed by atoms with Crippen molar-refractivity contribution in [3.8, 4) is 0 Å². The fraction of sp³-hybridized carbons (Fsp3) is 0.714. The van der Waals surface area contributed by atoms with Gasteiger partial charge in [0.25, 0.3) is 0 Å². The van der Waals surface area contributed by atoms with E-state index in [1.165, 1.54) is 5.71 Å². The van der Waals surface area contributed by atoms with E-state index in [1.54, 1.807) is 0 Å². The first kappa shape index (κ1) is 6.46. The Labute approximate surface area is 55.5 Å². The van der Waals surface area contributed by atoms with Crippen LogP contribution >= 0.6 is 0 Å². The Morgan fingerprint density at radius 2 is 1.78 bits per heavy atom. The summed E-state index contributed by atoms with van der Waals surface area (Å²) < 4.78 is 0. The van der Waals surface area contributed by atoms with Crippen molar-refractivity contribution in [2.45, 2.75) is 25.7 Å². The van der Waals surface area contributed by atoms with Crippen LogP contribution in [0.15, 0.2) is 4.99 Å². The summed E-state index contributed by atoms with van der Waals surface area (Å²) >= 11 is 0. The Kier molecular flexibility index (Phi) is 1.98. The molecule has 1 fully saturated rings. The number of hydrogen-bond acceptors (Lipinski definition) is 2. The van der Waals surface area contributed by atoms with Crippen molar-refractivity contribution in [3.63, 3.8) is 0 Å². The Bertz CT molecular complexity index is 135. The van der Waals surface area contributed by atoms with Crippen LogP contribution in [0.2, 0.25) is 0 Å². The topological polar surface area (TPSA) is 36.2 Å². The molecule has 0 amide bonds. The second kappa shape index (κ2) is 2.76. The van der Waals surface area contributed by atoms with Crippen molar-refractivity contribution >= 4 is 11.4 Å². The average molecular weight is 124 g/mol. The third kappa shape index (κ3) is 1.63. The average Bonchev–Trinajstić information content (AvgIpc) is 1.90. The van der Waals surface area contributed by atoms with Gasteiger partial charge in [0.15, 0.2) is 0 Å². The van der Waals surface area contributed by atoms with Crippen LogP contribution < -0.4 is 0 Å². The molecule has 0 atom stereocenters. The van der Waals surface area contributed by atoms with Gasteiger partial charge in [-0.1, -0.05) is 0 Å². The highest BCUT2D eigenvalue weighted by atomic mass is 14.7. The van der Waals surface area contributed by atoms with Gasteiger partial charge >= 0.3 is 0 Å². The van der Waals surface area contributed by atoms with Crippen molar-refractivity contribution in [2.75, 3.05) is 7.05 Å². The summed E-state index contributed by atoms with van der Waals surface area (Å²) in [5.74, 6) is 0. The molecule has 0 radical (unpaired) electrons. The minimum atomic E-state index is 0.891. The third-order valence-electron chi connectivity index (χ3n) is 1.75. The first-order valence-electron chi connectivity index (χ1n) is 3.34. The molecule has 2 heteroatoms. The third-order valence-corrected chi connectivity index (χ3v) is 1.75. The summed E-state index contributed by atoms with van der Waals surface area (Å²) in [4.78, 5) is 4.10. The summed E-state index contributed by atoms with van der Waals surface area (Å²) in [6, 6.07) is 0. The molecule has 1 N–H and O–H groups in total. The first-order valence-corrected chi connectivity index (χ1v) is 3.34. The van der Waals surface area contributed by atoms with Crippen LogP contribution in [0.25, 0.3) is 0 Å². The van der Waals surface area contributed by atoms with E-state index in [-0.39, 0.29) is 0 Å². The van der Waals surface area contributed by atoms with Crippen molar-refractivity contribution in [1.82, 2.24) is 0 Å². The molecule has 0 bridgehead atoms. The highest BCUT2D eigenvalue weighted by Crippen LogP contribution is 2.11. The van der Waals surface area contributed by atoms with E-state index < -0.39 is 0 Å². The van der Waals surface area contributed by atoms with E-state index in [1.807, 2.05) is 7.05 Å². The number of rotatable bonds is 0. The van der Waals surface area contributed by atoms with Gasteiger partial charge in [-0.05, 0) is 25.7 Å². The molecule has 50 valence electrons. The maximum Gasteiger partial charge on any atom is 0.0276 e. The molecule has 0 aromatic rings. The zero-order valence-electron chi connectivity index (χ0n) is 5.78. The Morgan fingerprint density at radius 1 is 1.22 bits per heavy atom. The van der Waals surface area contributed by atoms with E-state index >= 15 is 0 Å². The number of aliphatic imine (C=N–C) groups is 1. The van der Waals surface area contributed by atoms with E-state index in [0.29, 0.717) is 0 Å². The lowest BCUT2D eigenvalue weighted by molar-refractivity contribution is 0.934. The monoisotopic (exact) mass is 124 g/mol. The first-order chi connectivity index (χ1) is 4.33. The lowest BCUT2D eigenvalue weighted by atomic mass is 9.97. The minimum Gasteiger partial charge on any atom is -0.310 e. The molecule has 0 aromatic carbocycles. The molecule has 0 unspecified atom stereocenters. The Hall–Kier alpha value is -0.660. The second-order valence-electron chi connectivity index (χ2n) is 2.39. The molecule has 9 heavy (non-hydrogen) atoms. The number of nitrogens with zero attached hydrogens (tertiary/aromatic N) is 1. The molecule has 0 heterocycles. The van der Waals surface area contributed by atoms with Crippen molar-refractivity contribution in [3.05, 3.63) is 0 Å². The van der Waals surface area contributed by atoms with E-state index in [0.717, 1.165) is 31.4 Å². The molecule has 2 nitrogen and oxygen atoms in total. The normalized spacial score (nSPS) is 20.1. The standard InChI is InChI=1S/C7H12N2/c1-9-7-4-2-6(8)3-5-7/h8H,2-5H2,1H3. The number of hydrogen-bond donors (Lipinski definition) is 1. The quantitative estimate of drug-likeness (QED) is 0.509. The minimum absolute atomic E-state index is 0.891. The molecule has 1 saturated carbocycles. The fourth-order valence-corrected chi connectivity index (χ4v) is 1.06. The molecule has 1 rings (SSSR count). The van der Waals surface area contributed by atoms with Gasteiger partial charge in [-0.25, -0.2) is 0 Å². The zero-order valence-corrected chi connectivity index (χ0v) is 5.78. The van der Waals surface area contributed by atoms with Gasteiger partial charge in [0, 0.05) is 18.5 Å². The maximum atomic E-state index is 7.30. The highest BCUT2D eigenvalue weighted by Gasteiger charge is 2.09. The summed E-state index contributed by atoms with van der Waals surface area (Å²) in [6.45, 7) is 0. The maximum absolute atomic E-state index is 7.30. The van der Waals surface area contributed by atoms with Gasteiger partial charge in [0.05, 0.1) is 0 Å². The second-order valence-corrected chi connectivity index (χ2v) is 2.39. The lowest BCUT2D eigenvalue weighted by Gasteiger charge is -2.12. The van der Waals surface area contributed by atoms with Crippen LogP contribution in [0.3, 0.4) is 0 Å². The largest absolute Gasteiger partial charge is 0.310 e. The highest BCUT2D eigenvalue weighted by molar-refractivity contribution is 5.96. The summed E-state index contributed by atoms with van der Waals surface area (Å²) in [6.07, 6.45) is 3.92. The van der Waals surface area contributed by atoms with Gasteiger partial charge in [-0.3, -0.25) is 4.99 Å². The van der Waals surface area contributed by atoms with E-state index in [2.05, 4.69) is 4.99 Å². The van der Waals surface area contributed by atoms with Crippen molar-refractivity contribution < 1.29 is 0 Å². The van der Waals surface area contributed by atoms with Gasteiger partial charge in [0.2, 0.25) is 0 Å². The fourth-order valence-electron chi connectivity index (χ4n) is 1.06. The van der Waals surface area contributed by atoms with Crippen LogP contribution in [-0.2, 0) is 0 Å². The smallest absolute Gasteiger partial charge is 0.0276 e. The van der Waals surface area contributed by atoms with Crippen LogP contribution in [0.4, 0.5) is 0 Å². The molecule has 0 spiro atoms. The van der Waals surface area contributed by atoms with Crippen LogP contribution in [0.1, 0.15) is 25.7 Å². The van der Waals surface area contributed by atoms with Gasteiger partial charge in [-0.15, -0.1) is 0 Å². The summed E-state index contributed by atoms with van der Waals surface area (Å²) in [7, 11) is 1.84. The Morgan fingerprint density at radius 3 is 2.22 bits per heavy atom. The van der Waals surface area contributed by atoms with Gasteiger partial charge in [-0.2, -0.15) is 0 Å². The van der Waals surface area contributed by atoms with Gasteiger partial charge < -0.3 is 5.41 Å². The molecule has 0 aromatic heterocycles. The van der Waals surface area contributed by atoms with Crippen LogP contribution in [0, 0.1) is 5.41 Å². The molecule has 0 saturated heterocycles. The van der Waals surface area contributed by atoms with E-state index in [4.69, 9.17) is 5.41 Å². The predicted octanol–water partition coefficient (Wildman–Crippen LogP) is 1.65. The summed E-state index contributed by atoms with van der Waals surface area (Å²) in [5.41, 5.74) is 2.17. The molecule has 0 aliphatic heterocycles. The van der Waals surface area contributed by atoms with Gasteiger partial charge in [0.1, 0.15) is 0 Å². The SMILES string of the molecule is CN=C1CCC(=N)CC1. The zero-order chi connectivity index (χ0) is 6.69. The summed E-state index contributed by atoms with van der Waals surface area (Å²) in [5, 5.41) is 7.30. The molecule has 1 aliphatic carbocycles. The molecular formula is C7H12N2. The van der Waals surface area contributed by atoms with Crippen molar-refractivity contribution in [1.29, 1.82) is 5.41 Å². The van der Waals surface area contributed by atoms with Crippen LogP contribution in [-0.4, -0.2) is 18.5 Å². The van der Waals surface area contributed by atoms with Crippen LogP contribution in [0.5, 0.6) is 0 Å².